The molecule has 0 aliphatic carbocycles. The van der Waals surface area contributed by atoms with Gasteiger partial charge in [0.05, 0.1) is 11.7 Å². The van der Waals surface area contributed by atoms with Crippen LogP contribution in [-0.4, -0.2) is 27.5 Å². The van der Waals surface area contributed by atoms with Crippen LogP contribution in [-0.2, 0) is 4.79 Å². The Balaban J connectivity index is 2.18. The summed E-state index contributed by atoms with van der Waals surface area (Å²) in [6.45, 7) is 2.51. The quantitative estimate of drug-likeness (QED) is 0.734. The highest BCUT2D eigenvalue weighted by molar-refractivity contribution is 5.73. The van der Waals surface area contributed by atoms with Crippen molar-refractivity contribution in [3.63, 3.8) is 0 Å². The number of piperidine rings is 1. The first-order valence-electron chi connectivity index (χ1n) is 5.05. The minimum absolute atomic E-state index is 0.157. The summed E-state index contributed by atoms with van der Waals surface area (Å²) in [6, 6.07) is 2.16. The molecule has 2 rings (SSSR count). The Morgan fingerprint density at radius 3 is 3.14 bits per heavy atom. The van der Waals surface area contributed by atoms with E-state index in [-0.39, 0.29) is 11.9 Å². The Labute approximate surface area is 83.3 Å². The van der Waals surface area contributed by atoms with Gasteiger partial charge >= 0.3 is 0 Å². The summed E-state index contributed by atoms with van der Waals surface area (Å²) in [4.78, 5) is 13.3. The van der Waals surface area contributed by atoms with E-state index in [1.807, 2.05) is 11.0 Å². The summed E-state index contributed by atoms with van der Waals surface area (Å²) >= 11 is 0. The van der Waals surface area contributed by atoms with E-state index in [2.05, 4.69) is 10.2 Å². The van der Waals surface area contributed by atoms with Crippen LogP contribution in [0.25, 0.3) is 0 Å². The van der Waals surface area contributed by atoms with Gasteiger partial charge in [-0.2, -0.15) is 5.10 Å². The number of aromatic nitrogens is 2. The van der Waals surface area contributed by atoms with E-state index in [0.717, 1.165) is 25.1 Å². The van der Waals surface area contributed by atoms with E-state index in [4.69, 9.17) is 0 Å². The van der Waals surface area contributed by atoms with Crippen molar-refractivity contribution in [3.05, 3.63) is 18.0 Å². The van der Waals surface area contributed by atoms with E-state index in [0.29, 0.717) is 0 Å². The second-order valence-electron chi connectivity index (χ2n) is 3.74. The van der Waals surface area contributed by atoms with Crippen LogP contribution in [0.15, 0.2) is 12.3 Å². The molecule has 76 valence electrons. The van der Waals surface area contributed by atoms with Crippen molar-refractivity contribution in [1.82, 2.24) is 15.1 Å². The molecule has 0 saturated carbocycles. The maximum atomic E-state index is 11.4. The van der Waals surface area contributed by atoms with Gasteiger partial charge in [-0.3, -0.25) is 9.89 Å². The molecule has 1 amide bonds. The zero-order valence-corrected chi connectivity index (χ0v) is 8.36. The van der Waals surface area contributed by atoms with Gasteiger partial charge in [0.25, 0.3) is 0 Å². The first-order chi connectivity index (χ1) is 6.79. The molecule has 1 aromatic heterocycles. The summed E-state index contributed by atoms with van der Waals surface area (Å²) in [5.41, 5.74) is 1.06. The molecule has 2 heterocycles. The smallest absolute Gasteiger partial charge is 0.220 e. The molecule has 1 aliphatic rings. The molecule has 1 atom stereocenters. The van der Waals surface area contributed by atoms with Gasteiger partial charge in [0, 0.05) is 19.7 Å². The van der Waals surface area contributed by atoms with Crippen LogP contribution in [0.1, 0.15) is 37.9 Å². The molecule has 1 aliphatic heterocycles. The normalized spacial score (nSPS) is 22.4. The fraction of sp³-hybridized carbons (Fsp3) is 0.600. The van der Waals surface area contributed by atoms with E-state index >= 15 is 0 Å². The fourth-order valence-electron chi connectivity index (χ4n) is 2.08. The second-order valence-corrected chi connectivity index (χ2v) is 3.74. The number of nitrogens with zero attached hydrogens (tertiary/aromatic N) is 2. The average Bonchev–Trinajstić information content (AvgIpc) is 2.70. The monoisotopic (exact) mass is 193 g/mol. The number of likely N-dealkylation sites (tertiary alicyclic amines) is 1. The highest BCUT2D eigenvalue weighted by Crippen LogP contribution is 2.29. The summed E-state index contributed by atoms with van der Waals surface area (Å²) in [5, 5.41) is 6.88. The van der Waals surface area contributed by atoms with Gasteiger partial charge in [0.2, 0.25) is 5.91 Å². The van der Waals surface area contributed by atoms with Crippen LogP contribution in [0, 0.1) is 0 Å². The maximum absolute atomic E-state index is 11.4. The van der Waals surface area contributed by atoms with Crippen molar-refractivity contribution in [3.8, 4) is 0 Å². The number of aromatic amines is 1. The largest absolute Gasteiger partial charge is 0.334 e. The van der Waals surface area contributed by atoms with Crippen LogP contribution in [0.4, 0.5) is 0 Å². The first-order valence-corrected chi connectivity index (χ1v) is 5.05. The molecule has 0 radical (unpaired) electrons. The van der Waals surface area contributed by atoms with Crippen LogP contribution >= 0.6 is 0 Å². The van der Waals surface area contributed by atoms with Gasteiger partial charge in [-0.15, -0.1) is 0 Å². The molecule has 0 bridgehead atoms. The molecule has 1 fully saturated rings. The molecule has 4 heteroatoms. The number of hydrogen-bond donors (Lipinski definition) is 1. The van der Waals surface area contributed by atoms with E-state index in [1.54, 1.807) is 13.1 Å². The van der Waals surface area contributed by atoms with Gasteiger partial charge in [-0.05, 0) is 25.3 Å². The number of amides is 1. The molecule has 0 spiro atoms. The van der Waals surface area contributed by atoms with E-state index < -0.39 is 0 Å². The third-order valence-corrected chi connectivity index (χ3v) is 2.79. The highest BCUT2D eigenvalue weighted by Gasteiger charge is 2.26. The minimum Gasteiger partial charge on any atom is -0.334 e. The maximum Gasteiger partial charge on any atom is 0.220 e. The van der Waals surface area contributed by atoms with Crippen molar-refractivity contribution >= 4 is 5.91 Å². The van der Waals surface area contributed by atoms with Crippen molar-refractivity contribution in [2.45, 2.75) is 32.2 Å². The van der Waals surface area contributed by atoms with Gasteiger partial charge < -0.3 is 4.90 Å². The standard InChI is InChI=1S/C10H15N3O/c1-8(14)13-7-3-2-4-10(13)9-5-6-11-12-9/h5-6,10H,2-4,7H2,1H3,(H,11,12)/t10-/m0/s1. The van der Waals surface area contributed by atoms with Crippen LogP contribution in [0.5, 0.6) is 0 Å². The highest BCUT2D eigenvalue weighted by atomic mass is 16.2. The van der Waals surface area contributed by atoms with Crippen LogP contribution < -0.4 is 0 Å². The Bertz CT molecular complexity index is 307. The van der Waals surface area contributed by atoms with Crippen LogP contribution in [0.2, 0.25) is 0 Å². The average molecular weight is 193 g/mol. The van der Waals surface area contributed by atoms with Gasteiger partial charge in [0.1, 0.15) is 0 Å². The molecule has 1 aromatic rings. The number of carbonyl (C=O) groups is 1. The zero-order chi connectivity index (χ0) is 9.97. The molecule has 4 nitrogen and oxygen atoms in total. The second kappa shape index (κ2) is 3.82. The third kappa shape index (κ3) is 1.64. The summed E-state index contributed by atoms with van der Waals surface area (Å²) < 4.78 is 0. The number of carbonyl (C=O) groups excluding carboxylic acids is 1. The predicted molar refractivity (Wildman–Crippen MR) is 52.6 cm³/mol. The SMILES string of the molecule is CC(=O)N1CCCC[C@H]1c1ccn[nH]1. The van der Waals surface area contributed by atoms with Crippen molar-refractivity contribution in [2.75, 3.05) is 6.54 Å². The van der Waals surface area contributed by atoms with Gasteiger partial charge in [-0.25, -0.2) is 0 Å². The Morgan fingerprint density at radius 1 is 1.64 bits per heavy atom. The predicted octanol–water partition coefficient (Wildman–Crippen LogP) is 1.48. The zero-order valence-electron chi connectivity index (χ0n) is 8.36. The topological polar surface area (TPSA) is 49.0 Å². The summed E-state index contributed by atoms with van der Waals surface area (Å²) in [7, 11) is 0. The molecule has 0 unspecified atom stereocenters. The van der Waals surface area contributed by atoms with Gasteiger partial charge in [-0.1, -0.05) is 0 Å². The molecule has 14 heavy (non-hydrogen) atoms. The van der Waals surface area contributed by atoms with Crippen molar-refractivity contribution in [2.24, 2.45) is 0 Å². The molecule has 1 saturated heterocycles. The lowest BCUT2D eigenvalue weighted by molar-refractivity contribution is -0.132. The fourth-order valence-corrected chi connectivity index (χ4v) is 2.08. The van der Waals surface area contributed by atoms with E-state index in [9.17, 15) is 4.79 Å². The lowest BCUT2D eigenvalue weighted by atomic mass is 9.99. The third-order valence-electron chi connectivity index (χ3n) is 2.79. The molecule has 0 aromatic carbocycles. The number of hydrogen-bond acceptors (Lipinski definition) is 2. The molecular formula is C10H15N3O. The number of rotatable bonds is 1. The van der Waals surface area contributed by atoms with E-state index in [1.165, 1.54) is 6.42 Å². The number of H-pyrrole nitrogens is 1. The Hall–Kier alpha value is -1.32. The summed E-state index contributed by atoms with van der Waals surface area (Å²) in [5.74, 6) is 0.157. The Morgan fingerprint density at radius 2 is 2.50 bits per heavy atom. The molecular weight excluding hydrogens is 178 g/mol. The van der Waals surface area contributed by atoms with Gasteiger partial charge in [0.15, 0.2) is 0 Å². The first kappa shape index (κ1) is 9.24. The van der Waals surface area contributed by atoms with Crippen molar-refractivity contribution < 1.29 is 4.79 Å². The minimum atomic E-state index is 0.157. The molecule has 1 N–H and O–H groups in total. The summed E-state index contributed by atoms with van der Waals surface area (Å²) in [6.07, 6.45) is 5.09. The van der Waals surface area contributed by atoms with Crippen LogP contribution in [0.3, 0.4) is 0 Å². The van der Waals surface area contributed by atoms with Crippen molar-refractivity contribution in [1.29, 1.82) is 0 Å². The lowest BCUT2D eigenvalue weighted by Gasteiger charge is -2.34. The Kier molecular flexibility index (Phi) is 2.52. The lowest BCUT2D eigenvalue weighted by Crippen LogP contribution is -2.37. The number of nitrogens with one attached hydrogen (secondary N) is 1.